The van der Waals surface area contributed by atoms with E-state index in [0.29, 0.717) is 0 Å². The highest BCUT2D eigenvalue weighted by molar-refractivity contribution is 9.10. The topological polar surface area (TPSA) is 45.4 Å². The Hall–Kier alpha value is -0.810. The third-order valence-electron chi connectivity index (χ3n) is 2.53. The summed E-state index contributed by atoms with van der Waals surface area (Å²) in [5, 5.41) is 0. The molecule has 5 heteroatoms. The zero-order valence-corrected chi connectivity index (χ0v) is 11.9. The van der Waals surface area contributed by atoms with Crippen molar-refractivity contribution in [2.24, 2.45) is 0 Å². The molecule has 0 saturated carbocycles. The molecule has 0 bridgehead atoms. The van der Waals surface area contributed by atoms with Gasteiger partial charge in [-0.1, -0.05) is 0 Å². The Labute approximate surface area is 106 Å². The van der Waals surface area contributed by atoms with E-state index < -0.39 is 0 Å². The summed E-state index contributed by atoms with van der Waals surface area (Å²) in [5.41, 5.74) is 7.55. The highest BCUT2D eigenvalue weighted by Crippen LogP contribution is 2.29. The molecule has 1 aromatic rings. The van der Waals surface area contributed by atoms with Gasteiger partial charge in [-0.05, 0) is 42.5 Å². The molecule has 0 radical (unpaired) electrons. The lowest BCUT2D eigenvalue weighted by Gasteiger charge is -2.22. The van der Waals surface area contributed by atoms with Crippen molar-refractivity contribution < 1.29 is 0 Å². The molecule has 0 aromatic carbocycles. The highest BCUT2D eigenvalue weighted by Gasteiger charge is 2.11. The number of nitrogens with two attached hydrogens (primary N) is 1. The largest absolute Gasteiger partial charge is 0.397 e. The van der Waals surface area contributed by atoms with E-state index in [4.69, 9.17) is 5.73 Å². The molecule has 0 aliphatic carbocycles. The molecule has 90 valence electrons. The normalized spacial score (nSPS) is 10.9. The fourth-order valence-electron chi connectivity index (χ4n) is 1.30. The van der Waals surface area contributed by atoms with Gasteiger partial charge in [-0.3, -0.25) is 0 Å². The monoisotopic (exact) mass is 286 g/mol. The Kier molecular flexibility index (Phi) is 4.56. The molecule has 0 atom stereocenters. The van der Waals surface area contributed by atoms with Crippen molar-refractivity contribution >= 4 is 27.4 Å². The van der Waals surface area contributed by atoms with Gasteiger partial charge in [0, 0.05) is 20.1 Å². The number of pyridine rings is 1. The first kappa shape index (κ1) is 13.3. The first-order chi connectivity index (χ1) is 7.43. The lowest BCUT2D eigenvalue weighted by molar-refractivity contribution is 0.416. The number of rotatable bonds is 4. The van der Waals surface area contributed by atoms with Crippen molar-refractivity contribution in [2.75, 3.05) is 44.9 Å². The lowest BCUT2D eigenvalue weighted by Crippen LogP contribution is -2.29. The molecule has 1 rings (SSSR count). The predicted molar refractivity (Wildman–Crippen MR) is 72.9 cm³/mol. The number of anilines is 2. The van der Waals surface area contributed by atoms with E-state index in [-0.39, 0.29) is 0 Å². The van der Waals surface area contributed by atoms with Crippen LogP contribution in [0.3, 0.4) is 0 Å². The van der Waals surface area contributed by atoms with E-state index in [9.17, 15) is 0 Å². The number of nitrogen functional groups attached to an aromatic ring is 1. The maximum atomic E-state index is 5.79. The van der Waals surface area contributed by atoms with Crippen LogP contribution >= 0.6 is 15.9 Å². The third kappa shape index (κ3) is 3.09. The van der Waals surface area contributed by atoms with Crippen LogP contribution in [0.1, 0.15) is 5.56 Å². The summed E-state index contributed by atoms with van der Waals surface area (Å²) in [4.78, 5) is 8.62. The number of halogens is 1. The summed E-state index contributed by atoms with van der Waals surface area (Å²) < 4.78 is 0.980. The van der Waals surface area contributed by atoms with E-state index in [2.05, 4.69) is 44.8 Å². The van der Waals surface area contributed by atoms with Crippen LogP contribution in [0.4, 0.5) is 11.5 Å². The van der Waals surface area contributed by atoms with Crippen molar-refractivity contribution in [1.29, 1.82) is 0 Å². The SMILES string of the molecule is Cc1c(N)cnc(N(C)CCN(C)C)c1Br. The van der Waals surface area contributed by atoms with Crippen LogP contribution in [0.25, 0.3) is 0 Å². The molecule has 0 amide bonds. The molecule has 0 aliphatic heterocycles. The fraction of sp³-hybridized carbons (Fsp3) is 0.545. The molecule has 0 spiro atoms. The second-order valence-electron chi connectivity index (χ2n) is 4.20. The van der Waals surface area contributed by atoms with Gasteiger partial charge in [0.1, 0.15) is 5.82 Å². The minimum Gasteiger partial charge on any atom is -0.397 e. The minimum atomic E-state index is 0.719. The number of hydrogen-bond donors (Lipinski definition) is 1. The summed E-state index contributed by atoms with van der Waals surface area (Å²) in [6.45, 7) is 3.92. The van der Waals surface area contributed by atoms with E-state index in [1.807, 2.05) is 14.0 Å². The summed E-state index contributed by atoms with van der Waals surface area (Å²) in [5.74, 6) is 0.938. The molecule has 4 nitrogen and oxygen atoms in total. The Morgan fingerprint density at radius 3 is 2.50 bits per heavy atom. The molecule has 0 aliphatic rings. The van der Waals surface area contributed by atoms with Crippen molar-refractivity contribution in [3.8, 4) is 0 Å². The average Bonchev–Trinajstić information content (AvgIpc) is 2.23. The van der Waals surface area contributed by atoms with Crippen molar-refractivity contribution in [1.82, 2.24) is 9.88 Å². The lowest BCUT2D eigenvalue weighted by atomic mass is 10.2. The van der Waals surface area contributed by atoms with E-state index in [1.54, 1.807) is 6.20 Å². The Balaban J connectivity index is 2.84. The van der Waals surface area contributed by atoms with Gasteiger partial charge in [-0.25, -0.2) is 4.98 Å². The molecular formula is C11H19BrN4. The van der Waals surface area contributed by atoms with Gasteiger partial charge in [0.15, 0.2) is 0 Å². The van der Waals surface area contributed by atoms with Crippen molar-refractivity contribution in [3.05, 3.63) is 16.2 Å². The standard InChI is InChI=1S/C11H19BrN4/c1-8-9(13)7-14-11(10(8)12)16(4)6-5-15(2)3/h7H,5-6,13H2,1-4H3. The minimum absolute atomic E-state index is 0.719. The maximum absolute atomic E-state index is 5.79. The molecule has 16 heavy (non-hydrogen) atoms. The molecule has 0 fully saturated rings. The smallest absolute Gasteiger partial charge is 0.143 e. The number of hydrogen-bond acceptors (Lipinski definition) is 4. The van der Waals surface area contributed by atoms with E-state index in [0.717, 1.165) is 34.6 Å². The van der Waals surface area contributed by atoms with Gasteiger partial charge in [0.25, 0.3) is 0 Å². The van der Waals surface area contributed by atoms with Gasteiger partial charge < -0.3 is 15.5 Å². The predicted octanol–water partition coefficient (Wildman–Crippen LogP) is 1.73. The Morgan fingerprint density at radius 2 is 1.94 bits per heavy atom. The van der Waals surface area contributed by atoms with Gasteiger partial charge >= 0.3 is 0 Å². The Morgan fingerprint density at radius 1 is 1.31 bits per heavy atom. The van der Waals surface area contributed by atoms with Crippen LogP contribution in [0.2, 0.25) is 0 Å². The average molecular weight is 287 g/mol. The second-order valence-corrected chi connectivity index (χ2v) is 4.99. The summed E-state index contributed by atoms with van der Waals surface area (Å²) in [6, 6.07) is 0. The zero-order chi connectivity index (χ0) is 12.3. The van der Waals surface area contributed by atoms with Crippen LogP contribution in [-0.2, 0) is 0 Å². The molecule has 0 saturated heterocycles. The van der Waals surface area contributed by atoms with Crippen LogP contribution in [0.15, 0.2) is 10.7 Å². The number of aromatic nitrogens is 1. The number of likely N-dealkylation sites (N-methyl/N-ethyl adjacent to an activating group) is 2. The molecule has 0 unspecified atom stereocenters. The van der Waals surface area contributed by atoms with Gasteiger partial charge in [-0.2, -0.15) is 0 Å². The van der Waals surface area contributed by atoms with Gasteiger partial charge in [-0.15, -0.1) is 0 Å². The first-order valence-electron chi connectivity index (χ1n) is 5.20. The summed E-state index contributed by atoms with van der Waals surface area (Å²) >= 11 is 3.54. The van der Waals surface area contributed by atoms with Crippen LogP contribution in [0.5, 0.6) is 0 Å². The fourth-order valence-corrected chi connectivity index (χ4v) is 1.93. The van der Waals surface area contributed by atoms with Crippen molar-refractivity contribution in [3.63, 3.8) is 0 Å². The van der Waals surface area contributed by atoms with Gasteiger partial charge in [0.05, 0.1) is 16.4 Å². The zero-order valence-electron chi connectivity index (χ0n) is 10.3. The van der Waals surface area contributed by atoms with Gasteiger partial charge in [0.2, 0.25) is 0 Å². The highest BCUT2D eigenvalue weighted by atomic mass is 79.9. The second kappa shape index (κ2) is 5.50. The van der Waals surface area contributed by atoms with Crippen LogP contribution < -0.4 is 10.6 Å². The van der Waals surface area contributed by atoms with Crippen molar-refractivity contribution in [2.45, 2.75) is 6.92 Å². The van der Waals surface area contributed by atoms with E-state index >= 15 is 0 Å². The Bertz CT molecular complexity index is 365. The molecular weight excluding hydrogens is 268 g/mol. The molecule has 2 N–H and O–H groups in total. The summed E-state index contributed by atoms with van der Waals surface area (Å²) in [7, 11) is 6.15. The number of nitrogens with zero attached hydrogens (tertiary/aromatic N) is 3. The maximum Gasteiger partial charge on any atom is 0.143 e. The summed E-state index contributed by atoms with van der Waals surface area (Å²) in [6.07, 6.45) is 1.71. The first-order valence-corrected chi connectivity index (χ1v) is 5.99. The molecule has 1 heterocycles. The van der Waals surface area contributed by atoms with Crippen LogP contribution in [-0.4, -0.2) is 44.1 Å². The third-order valence-corrected chi connectivity index (χ3v) is 3.48. The van der Waals surface area contributed by atoms with E-state index in [1.165, 1.54) is 0 Å². The quantitative estimate of drug-likeness (QED) is 0.916. The molecule has 1 aromatic heterocycles. The van der Waals surface area contributed by atoms with Crippen LogP contribution in [0, 0.1) is 6.92 Å².